The molecule has 0 saturated heterocycles. The maximum absolute atomic E-state index is 13.7. The van der Waals surface area contributed by atoms with Gasteiger partial charge in [-0.15, -0.1) is 0 Å². The molecule has 0 fully saturated rings. The number of fused-ring (bicyclic) bond motifs is 2. The van der Waals surface area contributed by atoms with Crippen LogP contribution in [0.25, 0.3) is 21.9 Å². The Hall–Kier alpha value is -4.19. The molecule has 1 aliphatic heterocycles. The molecular formula is C31H28N2O5S. The van der Waals surface area contributed by atoms with Crippen LogP contribution in [0.15, 0.2) is 83.8 Å². The van der Waals surface area contributed by atoms with Crippen molar-refractivity contribution >= 4 is 26.8 Å². The Bertz CT molecular complexity index is 1730. The molecule has 1 N–H and O–H groups in total. The van der Waals surface area contributed by atoms with Crippen molar-refractivity contribution in [1.29, 1.82) is 5.26 Å². The van der Waals surface area contributed by atoms with Gasteiger partial charge >= 0.3 is 5.97 Å². The van der Waals surface area contributed by atoms with Crippen LogP contribution in [-0.2, 0) is 27.8 Å². The topological polar surface area (TPSA) is 108 Å². The summed E-state index contributed by atoms with van der Waals surface area (Å²) in [5, 5.41) is 21.4. The summed E-state index contributed by atoms with van der Waals surface area (Å²) in [4.78, 5) is 11.8. The van der Waals surface area contributed by atoms with Gasteiger partial charge in [-0.3, -0.25) is 4.79 Å². The number of hydrogen-bond donors (Lipinski definition) is 1. The van der Waals surface area contributed by atoms with Gasteiger partial charge in [-0.1, -0.05) is 42.5 Å². The third kappa shape index (κ3) is 5.51. The molecule has 0 atom stereocenters. The van der Waals surface area contributed by atoms with Crippen LogP contribution >= 0.6 is 0 Å². The zero-order valence-corrected chi connectivity index (χ0v) is 22.5. The minimum absolute atomic E-state index is 0.0107. The van der Waals surface area contributed by atoms with E-state index >= 15 is 0 Å². The minimum Gasteiger partial charge on any atom is -0.488 e. The second kappa shape index (κ2) is 10.2. The fourth-order valence-electron chi connectivity index (χ4n) is 5.01. The second-order valence-corrected chi connectivity index (χ2v) is 12.3. The summed E-state index contributed by atoms with van der Waals surface area (Å²) in [7, 11) is -4.17. The molecule has 0 aromatic heterocycles. The molecule has 8 heteroatoms. The maximum atomic E-state index is 13.7. The van der Waals surface area contributed by atoms with E-state index in [9.17, 15) is 23.6 Å². The molecule has 39 heavy (non-hydrogen) atoms. The molecule has 0 saturated carbocycles. The number of aryl methyl sites for hydroxylation is 1. The highest BCUT2D eigenvalue weighted by Gasteiger charge is 2.31. The normalized spacial score (nSPS) is 14.4. The molecule has 1 aliphatic rings. The van der Waals surface area contributed by atoms with Gasteiger partial charge in [0.05, 0.1) is 16.5 Å². The van der Waals surface area contributed by atoms with Gasteiger partial charge in [0.25, 0.3) is 0 Å². The highest BCUT2D eigenvalue weighted by atomic mass is 32.2. The zero-order valence-electron chi connectivity index (χ0n) is 21.7. The van der Waals surface area contributed by atoms with Crippen LogP contribution in [0.5, 0.6) is 5.75 Å². The molecule has 0 amide bonds. The lowest BCUT2D eigenvalue weighted by atomic mass is 9.94. The van der Waals surface area contributed by atoms with E-state index in [4.69, 9.17) is 4.74 Å². The van der Waals surface area contributed by atoms with Gasteiger partial charge in [-0.2, -0.15) is 9.57 Å². The first-order chi connectivity index (χ1) is 18.6. The number of hydrogen-bond acceptors (Lipinski definition) is 5. The Morgan fingerprint density at radius 2 is 1.82 bits per heavy atom. The average Bonchev–Trinajstić information content (AvgIpc) is 2.91. The van der Waals surface area contributed by atoms with Crippen LogP contribution in [0.3, 0.4) is 0 Å². The number of rotatable bonds is 7. The second-order valence-electron chi connectivity index (χ2n) is 10.4. The highest BCUT2D eigenvalue weighted by Crippen LogP contribution is 2.35. The molecule has 0 bridgehead atoms. The maximum Gasteiger partial charge on any atom is 0.318 e. The summed E-state index contributed by atoms with van der Waals surface area (Å²) in [5.74, 6) is -0.635. The average molecular weight is 541 g/mol. The molecular weight excluding hydrogens is 512 g/mol. The number of carboxylic acids is 1. The SMILES string of the molecule is CC1(C)CCc2cc(S(=O)(=O)N(CC(=O)O)Cc3cc(C#N)cc(-c4cccc5ccccc45)c3)ccc2O1. The monoisotopic (exact) mass is 540 g/mol. The van der Waals surface area contributed by atoms with E-state index in [1.54, 1.807) is 24.3 Å². The van der Waals surface area contributed by atoms with Crippen LogP contribution < -0.4 is 4.74 Å². The Labute approximate surface area is 227 Å². The molecule has 198 valence electrons. The Morgan fingerprint density at radius 1 is 1.05 bits per heavy atom. The van der Waals surface area contributed by atoms with E-state index in [2.05, 4.69) is 6.07 Å². The number of nitriles is 1. The van der Waals surface area contributed by atoms with Crippen molar-refractivity contribution in [2.75, 3.05) is 6.54 Å². The van der Waals surface area contributed by atoms with E-state index in [0.29, 0.717) is 23.3 Å². The molecule has 7 nitrogen and oxygen atoms in total. The highest BCUT2D eigenvalue weighted by molar-refractivity contribution is 7.89. The van der Waals surface area contributed by atoms with E-state index in [1.807, 2.05) is 62.4 Å². The summed E-state index contributed by atoms with van der Waals surface area (Å²) in [6, 6.07) is 25.7. The van der Waals surface area contributed by atoms with Gasteiger partial charge in [0.2, 0.25) is 10.0 Å². The van der Waals surface area contributed by atoms with Crippen LogP contribution in [0.1, 0.15) is 37.0 Å². The van der Waals surface area contributed by atoms with Gasteiger partial charge in [-0.25, -0.2) is 8.42 Å². The number of carbonyl (C=O) groups is 1. The quantitative estimate of drug-likeness (QED) is 0.319. The number of benzene rings is 4. The van der Waals surface area contributed by atoms with Gasteiger partial charge in [-0.05, 0) is 96.1 Å². The van der Waals surface area contributed by atoms with Gasteiger partial charge < -0.3 is 9.84 Å². The fraction of sp³-hybridized carbons (Fsp3) is 0.226. The Morgan fingerprint density at radius 3 is 2.59 bits per heavy atom. The smallest absolute Gasteiger partial charge is 0.318 e. The largest absolute Gasteiger partial charge is 0.488 e. The Kier molecular flexibility index (Phi) is 6.89. The molecule has 0 aliphatic carbocycles. The summed E-state index contributed by atoms with van der Waals surface area (Å²) in [5.41, 5.74) is 2.96. The van der Waals surface area contributed by atoms with Gasteiger partial charge in [0, 0.05) is 6.54 Å². The lowest BCUT2D eigenvalue weighted by Crippen LogP contribution is -2.36. The van der Waals surface area contributed by atoms with Crippen LogP contribution in [0.2, 0.25) is 0 Å². The minimum atomic E-state index is -4.17. The number of sulfonamides is 1. The fourth-order valence-corrected chi connectivity index (χ4v) is 6.43. The molecule has 0 spiro atoms. The van der Waals surface area contributed by atoms with Crippen LogP contribution in [0, 0.1) is 11.3 Å². The number of nitrogens with zero attached hydrogens (tertiary/aromatic N) is 2. The van der Waals surface area contributed by atoms with Crippen molar-refractivity contribution in [3.05, 3.63) is 95.6 Å². The van der Waals surface area contributed by atoms with Crippen molar-refractivity contribution in [2.45, 2.75) is 43.7 Å². The van der Waals surface area contributed by atoms with Crippen LogP contribution in [0.4, 0.5) is 0 Å². The van der Waals surface area contributed by atoms with E-state index in [0.717, 1.165) is 38.2 Å². The first-order valence-electron chi connectivity index (χ1n) is 12.6. The van der Waals surface area contributed by atoms with E-state index in [-0.39, 0.29) is 17.0 Å². The van der Waals surface area contributed by atoms with Gasteiger partial charge in [0.1, 0.15) is 17.9 Å². The lowest BCUT2D eigenvalue weighted by molar-refractivity contribution is -0.137. The summed E-state index contributed by atoms with van der Waals surface area (Å²) in [6.45, 7) is 3.04. The predicted molar refractivity (Wildman–Crippen MR) is 149 cm³/mol. The molecule has 1 heterocycles. The molecule has 0 unspecified atom stereocenters. The molecule has 4 aromatic rings. The van der Waals surface area contributed by atoms with Gasteiger partial charge in [0.15, 0.2) is 0 Å². The van der Waals surface area contributed by atoms with Crippen molar-refractivity contribution < 1.29 is 23.1 Å². The van der Waals surface area contributed by atoms with Crippen molar-refractivity contribution in [3.8, 4) is 22.9 Å². The predicted octanol–water partition coefficient (Wildman–Crippen LogP) is 5.76. The third-order valence-corrected chi connectivity index (χ3v) is 8.73. The van der Waals surface area contributed by atoms with E-state index < -0.39 is 22.5 Å². The first kappa shape index (κ1) is 26.4. The molecule has 4 aromatic carbocycles. The van der Waals surface area contributed by atoms with Crippen molar-refractivity contribution in [3.63, 3.8) is 0 Å². The standard InChI is InChI=1S/C31H28N2O5S/c1-31(2)13-12-24-17-26(10-11-29(24)38-31)39(36,37)33(20-30(34)35)19-22-14-21(18-32)15-25(16-22)28-9-5-7-23-6-3-4-8-27(23)28/h3-11,14-17H,12-13,19-20H2,1-2H3,(H,34,35). The first-order valence-corrected chi connectivity index (χ1v) is 14.1. The Balaban J connectivity index is 1.54. The third-order valence-electron chi connectivity index (χ3n) is 6.95. The van der Waals surface area contributed by atoms with Crippen LogP contribution in [-0.4, -0.2) is 35.9 Å². The molecule has 0 radical (unpaired) electrons. The number of ether oxygens (including phenoxy) is 1. The summed E-state index contributed by atoms with van der Waals surface area (Å²) >= 11 is 0. The summed E-state index contributed by atoms with van der Waals surface area (Å²) in [6.07, 6.45) is 1.39. The van der Waals surface area contributed by atoms with E-state index in [1.165, 1.54) is 6.07 Å². The lowest BCUT2D eigenvalue weighted by Gasteiger charge is -2.33. The number of aliphatic carboxylic acids is 1. The van der Waals surface area contributed by atoms with Crippen molar-refractivity contribution in [2.24, 2.45) is 0 Å². The van der Waals surface area contributed by atoms with Crippen molar-refractivity contribution in [1.82, 2.24) is 4.31 Å². The zero-order chi connectivity index (χ0) is 27.8. The molecule has 5 rings (SSSR count). The summed E-state index contributed by atoms with van der Waals surface area (Å²) < 4.78 is 34.4. The number of carboxylic acid groups (broad SMARTS) is 1.